The molecule has 28 heavy (non-hydrogen) atoms. The number of hydrogen-bond donors (Lipinski definition) is 2. The number of hydrogen-bond acceptors (Lipinski definition) is 3. The highest BCUT2D eigenvalue weighted by molar-refractivity contribution is 5.80. The first-order chi connectivity index (χ1) is 13.7. The third-order valence-electron chi connectivity index (χ3n) is 5.58. The van der Waals surface area contributed by atoms with Crippen LogP contribution in [-0.4, -0.2) is 51.5 Å². The molecule has 3 atom stereocenters. The van der Waals surface area contributed by atoms with Crippen LogP contribution in [0.5, 0.6) is 0 Å². The van der Waals surface area contributed by atoms with Gasteiger partial charge in [0.05, 0.1) is 13.2 Å². The average molecular weight is 388 g/mol. The normalized spacial score (nSPS) is 24.6. The Morgan fingerprint density at radius 2 is 2.11 bits per heavy atom. The van der Waals surface area contributed by atoms with E-state index in [9.17, 15) is 0 Å². The SMILES string of the molecule is CCNC(=NCCCOCC1CCOC1)NC1CC1c1ccc(C(C)C)cc1. The molecule has 3 unspecified atom stereocenters. The molecule has 3 rings (SSSR count). The van der Waals surface area contributed by atoms with E-state index in [-0.39, 0.29) is 0 Å². The Balaban J connectivity index is 1.37. The molecule has 2 aliphatic rings. The summed E-state index contributed by atoms with van der Waals surface area (Å²) in [5.41, 5.74) is 2.84. The second-order valence-corrected chi connectivity index (χ2v) is 8.33. The standard InChI is InChI=1S/C23H37N3O2/c1-4-24-23(25-11-5-12-27-15-18-10-13-28-16-18)26-22-14-21(22)20-8-6-19(7-9-20)17(2)3/h6-9,17-18,21-22H,4-5,10-16H2,1-3H3,(H2,24,25,26). The zero-order valence-electron chi connectivity index (χ0n) is 17.7. The molecule has 1 saturated heterocycles. The molecule has 1 aliphatic carbocycles. The summed E-state index contributed by atoms with van der Waals surface area (Å²) in [5, 5.41) is 6.96. The maximum atomic E-state index is 5.76. The van der Waals surface area contributed by atoms with Crippen LogP contribution >= 0.6 is 0 Å². The molecule has 1 saturated carbocycles. The first kappa shape index (κ1) is 21.1. The van der Waals surface area contributed by atoms with Gasteiger partial charge in [-0.1, -0.05) is 38.1 Å². The molecule has 2 N–H and O–H groups in total. The molecule has 1 aromatic carbocycles. The highest BCUT2D eigenvalue weighted by Gasteiger charge is 2.38. The third kappa shape index (κ3) is 6.49. The van der Waals surface area contributed by atoms with Crippen molar-refractivity contribution in [2.75, 3.05) is 39.5 Å². The second kappa shape index (κ2) is 10.8. The van der Waals surface area contributed by atoms with Crippen LogP contribution in [0.15, 0.2) is 29.3 Å². The number of nitrogens with one attached hydrogen (secondary N) is 2. The van der Waals surface area contributed by atoms with E-state index in [4.69, 9.17) is 14.5 Å². The summed E-state index contributed by atoms with van der Waals surface area (Å²) in [7, 11) is 0. The minimum atomic E-state index is 0.487. The molecule has 156 valence electrons. The van der Waals surface area contributed by atoms with Crippen molar-refractivity contribution in [2.24, 2.45) is 10.9 Å². The first-order valence-corrected chi connectivity index (χ1v) is 11.0. The fourth-order valence-electron chi connectivity index (χ4n) is 3.67. The summed E-state index contributed by atoms with van der Waals surface area (Å²) in [6, 6.07) is 9.61. The summed E-state index contributed by atoms with van der Waals surface area (Å²) in [5.74, 6) is 2.70. The van der Waals surface area contributed by atoms with Crippen LogP contribution < -0.4 is 10.6 Å². The Bertz CT molecular complexity index is 609. The molecule has 0 aromatic heterocycles. The quantitative estimate of drug-likeness (QED) is 0.365. The predicted molar refractivity (Wildman–Crippen MR) is 115 cm³/mol. The van der Waals surface area contributed by atoms with Crippen LogP contribution in [-0.2, 0) is 9.47 Å². The first-order valence-electron chi connectivity index (χ1n) is 11.0. The van der Waals surface area contributed by atoms with E-state index in [1.807, 2.05) is 0 Å². The van der Waals surface area contributed by atoms with E-state index in [0.717, 1.165) is 58.3 Å². The number of rotatable bonds is 10. The van der Waals surface area contributed by atoms with Gasteiger partial charge in [-0.2, -0.15) is 0 Å². The molecule has 5 nitrogen and oxygen atoms in total. The van der Waals surface area contributed by atoms with Gasteiger partial charge in [0.2, 0.25) is 0 Å². The van der Waals surface area contributed by atoms with Crippen molar-refractivity contribution in [1.82, 2.24) is 10.6 Å². The summed E-state index contributed by atoms with van der Waals surface area (Å²) in [6.45, 7) is 11.6. The van der Waals surface area contributed by atoms with Crippen molar-refractivity contribution >= 4 is 5.96 Å². The van der Waals surface area contributed by atoms with Crippen molar-refractivity contribution in [3.8, 4) is 0 Å². The Morgan fingerprint density at radius 1 is 1.29 bits per heavy atom. The van der Waals surface area contributed by atoms with Crippen molar-refractivity contribution in [1.29, 1.82) is 0 Å². The largest absolute Gasteiger partial charge is 0.381 e. The molecule has 0 bridgehead atoms. The lowest BCUT2D eigenvalue weighted by molar-refractivity contribution is 0.0893. The van der Waals surface area contributed by atoms with Crippen LogP contribution in [0.25, 0.3) is 0 Å². The molecule has 5 heteroatoms. The maximum Gasteiger partial charge on any atom is 0.191 e. The molecule has 0 amide bonds. The third-order valence-corrected chi connectivity index (χ3v) is 5.58. The van der Waals surface area contributed by atoms with Gasteiger partial charge in [-0.3, -0.25) is 4.99 Å². The summed E-state index contributed by atoms with van der Waals surface area (Å²) < 4.78 is 11.1. The van der Waals surface area contributed by atoms with E-state index in [2.05, 4.69) is 55.7 Å². The van der Waals surface area contributed by atoms with Crippen molar-refractivity contribution in [3.05, 3.63) is 35.4 Å². The van der Waals surface area contributed by atoms with Crippen LogP contribution in [0.3, 0.4) is 0 Å². The lowest BCUT2D eigenvalue weighted by Gasteiger charge is -2.12. The van der Waals surface area contributed by atoms with Gasteiger partial charge in [-0.15, -0.1) is 0 Å². The highest BCUT2D eigenvalue weighted by atomic mass is 16.5. The van der Waals surface area contributed by atoms with Gasteiger partial charge in [0.15, 0.2) is 5.96 Å². The number of aliphatic imine (C=N–C) groups is 1. The van der Waals surface area contributed by atoms with Gasteiger partial charge in [-0.05, 0) is 43.2 Å². The van der Waals surface area contributed by atoms with E-state index < -0.39 is 0 Å². The molecule has 1 heterocycles. The summed E-state index contributed by atoms with van der Waals surface area (Å²) in [6.07, 6.45) is 3.27. The smallest absolute Gasteiger partial charge is 0.191 e. The van der Waals surface area contributed by atoms with Gasteiger partial charge in [0.1, 0.15) is 0 Å². The fraction of sp³-hybridized carbons (Fsp3) is 0.696. The van der Waals surface area contributed by atoms with E-state index in [1.165, 1.54) is 17.5 Å². The number of guanidine groups is 1. The Morgan fingerprint density at radius 3 is 2.79 bits per heavy atom. The van der Waals surface area contributed by atoms with Crippen LogP contribution in [0, 0.1) is 5.92 Å². The predicted octanol–water partition coefficient (Wildman–Crippen LogP) is 3.66. The number of benzene rings is 1. The van der Waals surface area contributed by atoms with E-state index in [0.29, 0.717) is 23.8 Å². The average Bonchev–Trinajstić information content (AvgIpc) is 3.26. The molecule has 1 aromatic rings. The molecular formula is C23H37N3O2. The number of ether oxygens (including phenoxy) is 2. The van der Waals surface area contributed by atoms with Crippen molar-refractivity contribution in [3.63, 3.8) is 0 Å². The van der Waals surface area contributed by atoms with Crippen LogP contribution in [0.2, 0.25) is 0 Å². The summed E-state index contributed by atoms with van der Waals surface area (Å²) >= 11 is 0. The zero-order valence-corrected chi connectivity index (χ0v) is 17.7. The van der Waals surface area contributed by atoms with Gasteiger partial charge in [-0.25, -0.2) is 0 Å². The Hall–Kier alpha value is -1.59. The summed E-state index contributed by atoms with van der Waals surface area (Å²) in [4.78, 5) is 4.72. The topological polar surface area (TPSA) is 54.9 Å². The van der Waals surface area contributed by atoms with Crippen LogP contribution in [0.4, 0.5) is 0 Å². The van der Waals surface area contributed by atoms with E-state index in [1.54, 1.807) is 0 Å². The van der Waals surface area contributed by atoms with Gasteiger partial charge < -0.3 is 20.1 Å². The fourth-order valence-corrected chi connectivity index (χ4v) is 3.67. The zero-order chi connectivity index (χ0) is 19.8. The lowest BCUT2D eigenvalue weighted by Crippen LogP contribution is -2.39. The molecule has 0 radical (unpaired) electrons. The number of nitrogens with zero attached hydrogens (tertiary/aromatic N) is 1. The highest BCUT2D eigenvalue weighted by Crippen LogP contribution is 2.41. The second-order valence-electron chi connectivity index (χ2n) is 8.33. The minimum Gasteiger partial charge on any atom is -0.381 e. The van der Waals surface area contributed by atoms with Crippen molar-refractivity contribution in [2.45, 2.75) is 57.9 Å². The van der Waals surface area contributed by atoms with Gasteiger partial charge in [0, 0.05) is 44.2 Å². The van der Waals surface area contributed by atoms with Gasteiger partial charge >= 0.3 is 0 Å². The molecule has 1 aliphatic heterocycles. The van der Waals surface area contributed by atoms with Gasteiger partial charge in [0.25, 0.3) is 0 Å². The molecule has 2 fully saturated rings. The van der Waals surface area contributed by atoms with Crippen molar-refractivity contribution < 1.29 is 9.47 Å². The lowest BCUT2D eigenvalue weighted by atomic mass is 10.0. The Labute approximate surface area is 170 Å². The molecule has 0 spiro atoms. The monoisotopic (exact) mass is 387 g/mol. The molecular weight excluding hydrogens is 350 g/mol. The van der Waals surface area contributed by atoms with Crippen LogP contribution in [0.1, 0.15) is 63.0 Å². The minimum absolute atomic E-state index is 0.487. The maximum absolute atomic E-state index is 5.76. The Kier molecular flexibility index (Phi) is 8.16. The van der Waals surface area contributed by atoms with E-state index >= 15 is 0 Å².